The minimum absolute atomic E-state index is 0.301. The maximum Gasteiger partial charge on any atom is 0.416 e. The van der Waals surface area contributed by atoms with Crippen LogP contribution in [0, 0.1) is 0 Å². The van der Waals surface area contributed by atoms with Gasteiger partial charge in [0.2, 0.25) is 0 Å². The zero-order valence-electron chi connectivity index (χ0n) is 16.8. The molecule has 0 N–H and O–H groups in total. The Morgan fingerprint density at radius 2 is 1.62 bits per heavy atom. The number of methoxy groups -OCH3 is 1. The van der Waals surface area contributed by atoms with Gasteiger partial charge in [-0.2, -0.15) is 13.2 Å². The second kappa shape index (κ2) is 9.05. The molecule has 0 aromatic heterocycles. The van der Waals surface area contributed by atoms with Gasteiger partial charge in [0.05, 0.1) is 19.3 Å². The van der Waals surface area contributed by atoms with Crippen LogP contribution in [0.15, 0.2) is 48.5 Å². The topological polar surface area (TPSA) is 30.9 Å². The Bertz CT molecular complexity index is 775. The Morgan fingerprint density at radius 3 is 2.17 bits per heavy atom. The first-order chi connectivity index (χ1) is 13.8. The maximum absolute atomic E-state index is 13.0. The van der Waals surface area contributed by atoms with Crippen LogP contribution in [-0.2, 0) is 10.9 Å². The standard InChI is InChI=1S/C22H26F3NO3/c1-15(2)26-12-13-28-20(14-26)21(29-19-10-8-18(27-3)9-11-19)16-4-6-17(7-5-16)22(23,24)25/h4-11,15,20-21H,12-14H2,1-3H3. The van der Waals surface area contributed by atoms with Crippen LogP contribution in [0.2, 0.25) is 0 Å². The summed E-state index contributed by atoms with van der Waals surface area (Å²) in [6, 6.07) is 12.6. The smallest absolute Gasteiger partial charge is 0.416 e. The average Bonchev–Trinajstić information content (AvgIpc) is 2.72. The van der Waals surface area contributed by atoms with Crippen molar-refractivity contribution >= 4 is 0 Å². The number of ether oxygens (including phenoxy) is 3. The van der Waals surface area contributed by atoms with Crippen LogP contribution in [0.25, 0.3) is 0 Å². The van der Waals surface area contributed by atoms with Crippen LogP contribution >= 0.6 is 0 Å². The zero-order valence-corrected chi connectivity index (χ0v) is 16.8. The van der Waals surface area contributed by atoms with E-state index in [1.54, 1.807) is 31.4 Å². The van der Waals surface area contributed by atoms with E-state index in [0.29, 0.717) is 36.3 Å². The minimum atomic E-state index is -4.37. The Balaban J connectivity index is 1.87. The number of hydrogen-bond donors (Lipinski definition) is 0. The highest BCUT2D eigenvalue weighted by molar-refractivity contribution is 5.33. The largest absolute Gasteiger partial charge is 0.497 e. The molecule has 2 unspecified atom stereocenters. The van der Waals surface area contributed by atoms with E-state index in [0.717, 1.165) is 18.7 Å². The summed E-state index contributed by atoms with van der Waals surface area (Å²) in [5.74, 6) is 1.30. The van der Waals surface area contributed by atoms with Crippen LogP contribution in [-0.4, -0.2) is 43.9 Å². The molecule has 0 saturated carbocycles. The molecule has 0 bridgehead atoms. The van der Waals surface area contributed by atoms with Crippen molar-refractivity contribution < 1.29 is 27.4 Å². The molecule has 0 spiro atoms. The van der Waals surface area contributed by atoms with E-state index in [-0.39, 0.29) is 6.10 Å². The highest BCUT2D eigenvalue weighted by Crippen LogP contribution is 2.33. The Labute approximate surface area is 169 Å². The highest BCUT2D eigenvalue weighted by Gasteiger charge is 2.34. The van der Waals surface area contributed by atoms with Crippen molar-refractivity contribution in [3.05, 3.63) is 59.7 Å². The van der Waals surface area contributed by atoms with Gasteiger partial charge in [-0.25, -0.2) is 0 Å². The van der Waals surface area contributed by atoms with Crippen molar-refractivity contribution in [2.45, 2.75) is 38.3 Å². The third kappa shape index (κ3) is 5.42. The summed E-state index contributed by atoms with van der Waals surface area (Å²) < 4.78 is 56.2. The van der Waals surface area contributed by atoms with E-state index in [4.69, 9.17) is 14.2 Å². The van der Waals surface area contributed by atoms with E-state index in [1.807, 2.05) is 0 Å². The molecule has 2 aromatic carbocycles. The molecule has 7 heteroatoms. The van der Waals surface area contributed by atoms with Gasteiger partial charge in [-0.3, -0.25) is 4.90 Å². The van der Waals surface area contributed by atoms with Crippen molar-refractivity contribution in [3.63, 3.8) is 0 Å². The van der Waals surface area contributed by atoms with E-state index in [1.165, 1.54) is 12.1 Å². The molecular weight excluding hydrogens is 383 g/mol. The SMILES string of the molecule is COc1ccc(OC(c2ccc(C(F)(F)F)cc2)C2CN(C(C)C)CCO2)cc1. The number of hydrogen-bond acceptors (Lipinski definition) is 4. The lowest BCUT2D eigenvalue weighted by Crippen LogP contribution is -2.48. The number of morpholine rings is 1. The third-order valence-electron chi connectivity index (χ3n) is 5.08. The van der Waals surface area contributed by atoms with Gasteiger partial charge in [0.15, 0.2) is 6.10 Å². The quantitative estimate of drug-likeness (QED) is 0.676. The molecule has 0 radical (unpaired) electrons. The number of halogens is 3. The van der Waals surface area contributed by atoms with Crippen molar-refractivity contribution in [3.8, 4) is 11.5 Å². The number of rotatable bonds is 6. The van der Waals surface area contributed by atoms with Crippen molar-refractivity contribution in [1.82, 2.24) is 4.90 Å². The first kappa shape index (κ1) is 21.5. The molecule has 3 rings (SSSR count). The van der Waals surface area contributed by atoms with Crippen LogP contribution in [0.4, 0.5) is 13.2 Å². The molecule has 158 valence electrons. The molecule has 2 aromatic rings. The molecular formula is C22H26F3NO3. The summed E-state index contributed by atoms with van der Waals surface area (Å²) >= 11 is 0. The summed E-state index contributed by atoms with van der Waals surface area (Å²) in [6.07, 6.45) is -5.21. The lowest BCUT2D eigenvalue weighted by molar-refractivity contribution is -0.137. The normalized spacial score (nSPS) is 19.2. The van der Waals surface area contributed by atoms with Gasteiger partial charge in [0.25, 0.3) is 0 Å². The predicted octanol–water partition coefficient (Wildman–Crippen LogP) is 4.94. The van der Waals surface area contributed by atoms with Gasteiger partial charge in [-0.1, -0.05) is 12.1 Å². The summed E-state index contributed by atoms with van der Waals surface area (Å²) in [4.78, 5) is 2.28. The highest BCUT2D eigenvalue weighted by atomic mass is 19.4. The molecule has 1 aliphatic heterocycles. The van der Waals surface area contributed by atoms with Gasteiger partial charge < -0.3 is 14.2 Å². The second-order valence-electron chi connectivity index (χ2n) is 7.33. The van der Waals surface area contributed by atoms with Gasteiger partial charge in [0, 0.05) is 19.1 Å². The predicted molar refractivity (Wildman–Crippen MR) is 104 cm³/mol. The Morgan fingerprint density at radius 1 is 1.00 bits per heavy atom. The fourth-order valence-corrected chi connectivity index (χ4v) is 3.37. The molecule has 1 heterocycles. The van der Waals surface area contributed by atoms with Gasteiger partial charge in [-0.15, -0.1) is 0 Å². The molecule has 29 heavy (non-hydrogen) atoms. The molecule has 4 nitrogen and oxygen atoms in total. The van der Waals surface area contributed by atoms with Crippen molar-refractivity contribution in [1.29, 1.82) is 0 Å². The van der Waals surface area contributed by atoms with Crippen LogP contribution < -0.4 is 9.47 Å². The number of benzene rings is 2. The van der Waals surface area contributed by atoms with Gasteiger partial charge >= 0.3 is 6.18 Å². The van der Waals surface area contributed by atoms with Crippen molar-refractivity contribution in [2.75, 3.05) is 26.8 Å². The van der Waals surface area contributed by atoms with E-state index in [2.05, 4.69) is 18.7 Å². The summed E-state index contributed by atoms with van der Waals surface area (Å²) in [6.45, 7) is 6.22. The zero-order chi connectivity index (χ0) is 21.0. The lowest BCUT2D eigenvalue weighted by atomic mass is 10.0. The maximum atomic E-state index is 13.0. The monoisotopic (exact) mass is 409 g/mol. The number of nitrogens with zero attached hydrogens (tertiary/aromatic N) is 1. The molecule has 1 saturated heterocycles. The first-order valence-electron chi connectivity index (χ1n) is 9.61. The molecule has 1 aliphatic rings. The van der Waals surface area contributed by atoms with Crippen molar-refractivity contribution in [2.24, 2.45) is 0 Å². The molecule has 2 atom stereocenters. The fourth-order valence-electron chi connectivity index (χ4n) is 3.37. The third-order valence-corrected chi connectivity index (χ3v) is 5.08. The van der Waals surface area contributed by atoms with E-state index >= 15 is 0 Å². The minimum Gasteiger partial charge on any atom is -0.497 e. The van der Waals surface area contributed by atoms with Crippen LogP contribution in [0.5, 0.6) is 11.5 Å². The molecule has 0 amide bonds. The summed E-state index contributed by atoms with van der Waals surface area (Å²) in [7, 11) is 1.58. The average molecular weight is 409 g/mol. The number of alkyl halides is 3. The Kier molecular flexibility index (Phi) is 6.70. The van der Waals surface area contributed by atoms with E-state index in [9.17, 15) is 13.2 Å². The summed E-state index contributed by atoms with van der Waals surface area (Å²) in [5, 5.41) is 0. The van der Waals surface area contributed by atoms with Gasteiger partial charge in [-0.05, 0) is 55.8 Å². The van der Waals surface area contributed by atoms with Crippen LogP contribution in [0.1, 0.15) is 31.1 Å². The summed E-state index contributed by atoms with van der Waals surface area (Å²) in [5.41, 5.74) is -0.0396. The molecule has 1 fully saturated rings. The van der Waals surface area contributed by atoms with Crippen LogP contribution in [0.3, 0.4) is 0 Å². The second-order valence-corrected chi connectivity index (χ2v) is 7.33. The first-order valence-corrected chi connectivity index (χ1v) is 9.61. The Hall–Kier alpha value is -2.25. The lowest BCUT2D eigenvalue weighted by Gasteiger charge is -2.39. The molecule has 0 aliphatic carbocycles. The van der Waals surface area contributed by atoms with E-state index < -0.39 is 17.8 Å². The van der Waals surface area contributed by atoms with Gasteiger partial charge in [0.1, 0.15) is 17.6 Å². The fraction of sp³-hybridized carbons (Fsp3) is 0.455.